The molecule has 2 aromatic carbocycles. The molecule has 0 bridgehead atoms. The highest BCUT2D eigenvalue weighted by Crippen LogP contribution is 2.31. The van der Waals surface area contributed by atoms with Crippen LogP contribution in [0.5, 0.6) is 5.75 Å². The molecule has 1 aliphatic rings. The number of ether oxygens (including phenoxy) is 1. The molecule has 0 saturated carbocycles. The molecule has 2 aromatic rings. The summed E-state index contributed by atoms with van der Waals surface area (Å²) in [6.45, 7) is 7.75. The van der Waals surface area contributed by atoms with E-state index in [2.05, 4.69) is 21.6 Å². The van der Waals surface area contributed by atoms with Crippen LogP contribution < -0.4 is 15.4 Å². The van der Waals surface area contributed by atoms with Crippen LogP contribution in [-0.4, -0.2) is 61.6 Å². The Labute approximate surface area is 190 Å². The Kier molecular flexibility index (Phi) is 8.50. The first-order valence-corrected chi connectivity index (χ1v) is 11.4. The number of nitrogens with zero attached hydrogens (tertiary/aromatic N) is 2. The Morgan fingerprint density at radius 1 is 1.03 bits per heavy atom. The van der Waals surface area contributed by atoms with Crippen molar-refractivity contribution in [2.75, 3.05) is 45.2 Å². The van der Waals surface area contributed by atoms with Crippen LogP contribution in [0.3, 0.4) is 0 Å². The highest BCUT2D eigenvalue weighted by molar-refractivity contribution is 5.95. The summed E-state index contributed by atoms with van der Waals surface area (Å²) in [5, 5.41) is 5.88. The Bertz CT molecular complexity index is 890. The molecule has 7 heteroatoms. The van der Waals surface area contributed by atoms with Crippen molar-refractivity contribution >= 4 is 17.6 Å². The summed E-state index contributed by atoms with van der Waals surface area (Å²) in [6.07, 6.45) is 2.33. The van der Waals surface area contributed by atoms with Gasteiger partial charge in [0.2, 0.25) is 0 Å². The fourth-order valence-corrected chi connectivity index (χ4v) is 4.18. The number of carbonyl (C=O) groups is 2. The molecule has 3 rings (SSSR count). The third-order valence-electron chi connectivity index (χ3n) is 5.98. The Morgan fingerprint density at radius 2 is 1.69 bits per heavy atom. The van der Waals surface area contributed by atoms with Crippen molar-refractivity contribution in [3.63, 3.8) is 0 Å². The second-order valence-corrected chi connectivity index (χ2v) is 7.89. The second kappa shape index (κ2) is 11.5. The van der Waals surface area contributed by atoms with E-state index in [9.17, 15) is 9.59 Å². The monoisotopic (exact) mass is 438 g/mol. The molecular formula is C25H34N4O3. The summed E-state index contributed by atoms with van der Waals surface area (Å²) in [6, 6.07) is 14.8. The third-order valence-corrected chi connectivity index (χ3v) is 5.98. The van der Waals surface area contributed by atoms with E-state index < -0.39 is 0 Å². The Hall–Kier alpha value is -3.06. The van der Waals surface area contributed by atoms with Gasteiger partial charge in [0.05, 0.1) is 13.2 Å². The molecule has 1 fully saturated rings. The number of benzene rings is 2. The minimum Gasteiger partial charge on any atom is -0.496 e. The van der Waals surface area contributed by atoms with Gasteiger partial charge >= 0.3 is 6.03 Å². The van der Waals surface area contributed by atoms with E-state index in [-0.39, 0.29) is 18.0 Å². The van der Waals surface area contributed by atoms with E-state index in [4.69, 9.17) is 4.74 Å². The summed E-state index contributed by atoms with van der Waals surface area (Å²) in [4.78, 5) is 29.2. The van der Waals surface area contributed by atoms with Crippen molar-refractivity contribution < 1.29 is 14.3 Å². The summed E-state index contributed by atoms with van der Waals surface area (Å²) < 4.78 is 5.57. The fraction of sp³-hybridized carbons (Fsp3) is 0.440. The zero-order chi connectivity index (χ0) is 22.9. The smallest absolute Gasteiger partial charge is 0.319 e. The van der Waals surface area contributed by atoms with Crippen molar-refractivity contribution in [1.82, 2.24) is 15.1 Å². The summed E-state index contributed by atoms with van der Waals surface area (Å²) in [5.41, 5.74) is 2.34. The largest absolute Gasteiger partial charge is 0.496 e. The van der Waals surface area contributed by atoms with E-state index in [1.165, 1.54) is 0 Å². The lowest BCUT2D eigenvalue weighted by Crippen LogP contribution is -2.38. The molecule has 0 aromatic heterocycles. The van der Waals surface area contributed by atoms with Gasteiger partial charge < -0.3 is 20.3 Å². The maximum atomic E-state index is 12.6. The van der Waals surface area contributed by atoms with Gasteiger partial charge in [-0.25, -0.2) is 4.79 Å². The van der Waals surface area contributed by atoms with Crippen LogP contribution in [0.15, 0.2) is 48.5 Å². The lowest BCUT2D eigenvalue weighted by atomic mass is 10.0. The van der Waals surface area contributed by atoms with Crippen molar-refractivity contribution in [1.29, 1.82) is 0 Å². The first kappa shape index (κ1) is 23.6. The number of carbonyl (C=O) groups excluding carboxylic acids is 2. The number of urea groups is 1. The SMILES string of the molecule is CCN(CC)C(=O)c1ccc(NC(=O)NCC(c2ccccc2OC)N2CCCC2)cc1. The van der Waals surface area contributed by atoms with Crippen molar-refractivity contribution in [3.8, 4) is 5.75 Å². The van der Waals surface area contributed by atoms with Gasteiger partial charge in [0, 0.05) is 36.4 Å². The number of rotatable bonds is 9. The number of hydrogen-bond donors (Lipinski definition) is 2. The highest BCUT2D eigenvalue weighted by atomic mass is 16.5. The molecule has 1 aliphatic heterocycles. The van der Waals surface area contributed by atoms with Crippen LogP contribution in [0.2, 0.25) is 0 Å². The maximum absolute atomic E-state index is 12.6. The predicted octanol–water partition coefficient (Wildman–Crippen LogP) is 4.14. The predicted molar refractivity (Wildman–Crippen MR) is 127 cm³/mol. The minimum absolute atomic E-state index is 0.00346. The lowest BCUT2D eigenvalue weighted by molar-refractivity contribution is 0.0773. The molecule has 7 nitrogen and oxygen atoms in total. The molecule has 1 heterocycles. The van der Waals surface area contributed by atoms with Crippen LogP contribution in [-0.2, 0) is 0 Å². The molecular weight excluding hydrogens is 404 g/mol. The number of likely N-dealkylation sites (tertiary alicyclic amines) is 1. The Balaban J connectivity index is 1.62. The number of methoxy groups -OCH3 is 1. The summed E-state index contributed by atoms with van der Waals surface area (Å²) in [5.74, 6) is 0.830. The van der Waals surface area contributed by atoms with E-state index in [0.29, 0.717) is 30.9 Å². The van der Waals surface area contributed by atoms with E-state index in [1.807, 2.05) is 32.0 Å². The molecule has 0 spiro atoms. The van der Waals surface area contributed by atoms with Gasteiger partial charge in [0.1, 0.15) is 5.75 Å². The van der Waals surface area contributed by atoms with E-state index in [1.54, 1.807) is 36.3 Å². The fourth-order valence-electron chi connectivity index (χ4n) is 4.18. The van der Waals surface area contributed by atoms with E-state index in [0.717, 1.165) is 37.2 Å². The lowest BCUT2D eigenvalue weighted by Gasteiger charge is -2.29. The molecule has 0 aliphatic carbocycles. The molecule has 172 valence electrons. The zero-order valence-corrected chi connectivity index (χ0v) is 19.3. The molecule has 1 unspecified atom stereocenters. The number of hydrogen-bond acceptors (Lipinski definition) is 4. The normalized spacial score (nSPS) is 14.6. The molecule has 2 N–H and O–H groups in total. The topological polar surface area (TPSA) is 73.9 Å². The average molecular weight is 439 g/mol. The van der Waals surface area contributed by atoms with Crippen LogP contribution in [0.25, 0.3) is 0 Å². The van der Waals surface area contributed by atoms with Gasteiger partial charge in [0.25, 0.3) is 5.91 Å². The van der Waals surface area contributed by atoms with Crippen molar-refractivity contribution in [2.24, 2.45) is 0 Å². The molecule has 3 amide bonds. The summed E-state index contributed by atoms with van der Waals surface area (Å²) in [7, 11) is 1.68. The standard InChI is InChI=1S/C25H34N4O3/c1-4-28(5-2)24(30)19-12-14-20(15-13-19)27-25(31)26-18-22(29-16-8-9-17-29)21-10-6-7-11-23(21)32-3/h6-7,10-15,22H,4-5,8-9,16-18H2,1-3H3,(H2,26,27,31). The van der Waals surface area contributed by atoms with E-state index >= 15 is 0 Å². The van der Waals surface area contributed by atoms with Gasteiger partial charge in [-0.1, -0.05) is 18.2 Å². The second-order valence-electron chi connectivity index (χ2n) is 7.89. The maximum Gasteiger partial charge on any atom is 0.319 e. The van der Waals surface area contributed by atoms with Crippen LogP contribution in [0.4, 0.5) is 10.5 Å². The van der Waals surface area contributed by atoms with Crippen LogP contribution >= 0.6 is 0 Å². The Morgan fingerprint density at radius 3 is 2.31 bits per heavy atom. The van der Waals surface area contributed by atoms with Crippen LogP contribution in [0.1, 0.15) is 48.7 Å². The van der Waals surface area contributed by atoms with Gasteiger partial charge in [0.15, 0.2) is 0 Å². The molecule has 1 atom stereocenters. The van der Waals surface area contributed by atoms with Gasteiger partial charge in [-0.15, -0.1) is 0 Å². The first-order valence-electron chi connectivity index (χ1n) is 11.4. The minimum atomic E-state index is -0.271. The first-order chi connectivity index (χ1) is 15.6. The number of para-hydroxylation sites is 1. The van der Waals surface area contributed by atoms with Crippen molar-refractivity contribution in [2.45, 2.75) is 32.7 Å². The highest BCUT2D eigenvalue weighted by Gasteiger charge is 2.26. The van der Waals surface area contributed by atoms with Crippen LogP contribution in [0, 0.1) is 0 Å². The third kappa shape index (κ3) is 5.79. The van der Waals surface area contributed by atoms with Crippen molar-refractivity contribution in [3.05, 3.63) is 59.7 Å². The molecule has 0 radical (unpaired) electrons. The van der Waals surface area contributed by atoms with Gasteiger partial charge in [-0.05, 0) is 70.1 Å². The summed E-state index contributed by atoms with van der Waals surface area (Å²) >= 11 is 0. The van der Waals surface area contributed by atoms with Gasteiger partial charge in [-0.2, -0.15) is 0 Å². The number of nitrogens with one attached hydrogen (secondary N) is 2. The quantitative estimate of drug-likeness (QED) is 0.617. The molecule has 1 saturated heterocycles. The number of amides is 3. The zero-order valence-electron chi connectivity index (χ0n) is 19.3. The van der Waals surface area contributed by atoms with Gasteiger partial charge in [-0.3, -0.25) is 9.69 Å². The number of anilines is 1. The molecule has 32 heavy (non-hydrogen) atoms. The average Bonchev–Trinajstić information content (AvgIpc) is 3.35.